The largest absolute Gasteiger partial charge is 0.478 e. The maximum absolute atomic E-state index is 12.0. The molecule has 0 spiro atoms. The van der Waals surface area contributed by atoms with Crippen LogP contribution in [-0.4, -0.2) is 37.2 Å². The molecule has 106 valence electrons. The first-order valence-electron chi connectivity index (χ1n) is 5.36. The lowest BCUT2D eigenvalue weighted by Gasteiger charge is -2.12. The van der Waals surface area contributed by atoms with Gasteiger partial charge in [0.1, 0.15) is 0 Å². The highest BCUT2D eigenvalue weighted by Crippen LogP contribution is 2.27. The van der Waals surface area contributed by atoms with Crippen LogP contribution in [0.1, 0.15) is 22.8 Å². The normalized spacial score (nSPS) is 13.3. The maximum Gasteiger partial charge on any atom is 0.335 e. The smallest absolute Gasteiger partial charge is 0.335 e. The van der Waals surface area contributed by atoms with E-state index in [-0.39, 0.29) is 17.0 Å². The Balaban J connectivity index is 3.29. The molecule has 0 amide bonds. The molecule has 1 aromatic rings. The predicted molar refractivity (Wildman–Crippen MR) is 72.7 cm³/mol. The van der Waals surface area contributed by atoms with Gasteiger partial charge in [-0.1, -0.05) is 0 Å². The lowest BCUT2D eigenvalue weighted by atomic mass is 10.1. The number of hydrogen-bond donors (Lipinski definition) is 3. The van der Waals surface area contributed by atoms with Crippen LogP contribution in [0, 0.1) is 6.92 Å². The van der Waals surface area contributed by atoms with Gasteiger partial charge in [0.15, 0.2) is 0 Å². The summed E-state index contributed by atoms with van der Waals surface area (Å²) in [6.07, 6.45) is -0.836. The molecule has 0 aromatic heterocycles. The van der Waals surface area contributed by atoms with Crippen molar-refractivity contribution in [3.05, 3.63) is 27.7 Å². The van der Waals surface area contributed by atoms with E-state index in [4.69, 9.17) is 10.2 Å². The van der Waals surface area contributed by atoms with E-state index in [1.54, 1.807) is 6.92 Å². The number of halogens is 1. The van der Waals surface area contributed by atoms with Gasteiger partial charge in [0.25, 0.3) is 0 Å². The van der Waals surface area contributed by atoms with Crippen LogP contribution in [0.25, 0.3) is 0 Å². The van der Waals surface area contributed by atoms with Crippen molar-refractivity contribution in [2.75, 3.05) is 6.54 Å². The molecule has 1 atom stereocenters. The van der Waals surface area contributed by atoms with E-state index in [1.165, 1.54) is 13.0 Å². The van der Waals surface area contributed by atoms with Crippen LogP contribution in [0.15, 0.2) is 21.5 Å². The first-order chi connectivity index (χ1) is 8.65. The number of aliphatic hydroxyl groups excluding tert-OH is 1. The van der Waals surface area contributed by atoms with Crippen molar-refractivity contribution in [3.8, 4) is 0 Å². The Morgan fingerprint density at radius 2 is 2.05 bits per heavy atom. The highest BCUT2D eigenvalue weighted by Gasteiger charge is 2.21. The summed E-state index contributed by atoms with van der Waals surface area (Å²) >= 11 is 3.13. The minimum Gasteiger partial charge on any atom is -0.478 e. The minimum atomic E-state index is -3.88. The highest BCUT2D eigenvalue weighted by molar-refractivity contribution is 9.10. The summed E-state index contributed by atoms with van der Waals surface area (Å²) < 4.78 is 26.6. The number of carboxylic acids is 1. The molecular weight excluding hydrogens is 338 g/mol. The Morgan fingerprint density at radius 3 is 2.53 bits per heavy atom. The first kappa shape index (κ1) is 16.1. The molecule has 0 aliphatic rings. The van der Waals surface area contributed by atoms with Crippen molar-refractivity contribution in [1.29, 1.82) is 0 Å². The maximum atomic E-state index is 12.0. The van der Waals surface area contributed by atoms with Gasteiger partial charge in [-0.3, -0.25) is 0 Å². The van der Waals surface area contributed by atoms with Gasteiger partial charge in [-0.25, -0.2) is 17.9 Å². The Kier molecular flexibility index (Phi) is 5.08. The minimum absolute atomic E-state index is 0.113. The van der Waals surface area contributed by atoms with E-state index in [1.807, 2.05) is 0 Å². The Labute approximate surface area is 119 Å². The Bertz CT molecular complexity index is 597. The SMILES string of the molecule is Cc1cc(C(=O)O)cc(S(=O)(=O)NCC(C)O)c1Br. The zero-order chi connectivity index (χ0) is 14.8. The molecule has 1 rings (SSSR count). The molecule has 0 saturated heterocycles. The molecular formula is C11H14BrNO5S. The van der Waals surface area contributed by atoms with Crippen LogP contribution in [0.5, 0.6) is 0 Å². The van der Waals surface area contributed by atoms with Gasteiger partial charge >= 0.3 is 5.97 Å². The summed E-state index contributed by atoms with van der Waals surface area (Å²) in [6, 6.07) is 2.45. The second kappa shape index (κ2) is 6.00. The number of nitrogens with one attached hydrogen (secondary N) is 1. The fraction of sp³-hybridized carbons (Fsp3) is 0.364. The number of aromatic carboxylic acids is 1. The average molecular weight is 352 g/mol. The van der Waals surface area contributed by atoms with Crippen LogP contribution in [0.2, 0.25) is 0 Å². The number of aryl methyl sites for hydroxylation is 1. The van der Waals surface area contributed by atoms with Gasteiger partial charge in [-0.15, -0.1) is 0 Å². The number of benzene rings is 1. The lowest BCUT2D eigenvalue weighted by molar-refractivity contribution is 0.0696. The summed E-state index contributed by atoms with van der Waals surface area (Å²) in [5.41, 5.74) is 0.385. The topological polar surface area (TPSA) is 104 Å². The quantitative estimate of drug-likeness (QED) is 0.737. The van der Waals surface area contributed by atoms with Crippen molar-refractivity contribution in [1.82, 2.24) is 4.72 Å². The molecule has 6 nitrogen and oxygen atoms in total. The van der Waals surface area contributed by atoms with Crippen molar-refractivity contribution < 1.29 is 23.4 Å². The number of sulfonamides is 1. The zero-order valence-corrected chi connectivity index (χ0v) is 12.7. The monoisotopic (exact) mass is 351 g/mol. The lowest BCUT2D eigenvalue weighted by Crippen LogP contribution is -2.31. The first-order valence-corrected chi connectivity index (χ1v) is 7.64. The standard InChI is InChI=1S/C11H14BrNO5S/c1-6-3-8(11(15)16)4-9(10(6)12)19(17,18)13-5-7(2)14/h3-4,7,13-14H,5H2,1-2H3,(H,15,16). The predicted octanol–water partition coefficient (Wildman–Crippen LogP) is 1.11. The number of carboxylic acid groups (broad SMARTS) is 1. The van der Waals surface area contributed by atoms with Crippen molar-refractivity contribution in [3.63, 3.8) is 0 Å². The van der Waals surface area contributed by atoms with Crippen molar-refractivity contribution in [2.45, 2.75) is 24.8 Å². The molecule has 0 heterocycles. The number of rotatable bonds is 5. The second-order valence-corrected chi connectivity index (χ2v) is 6.64. The second-order valence-electron chi connectivity index (χ2n) is 4.11. The van der Waals surface area contributed by atoms with Gasteiger partial charge in [-0.2, -0.15) is 0 Å². The summed E-state index contributed by atoms with van der Waals surface area (Å²) in [7, 11) is -3.88. The molecule has 0 fully saturated rings. The molecule has 3 N–H and O–H groups in total. The van der Waals surface area contributed by atoms with E-state index in [2.05, 4.69) is 20.7 Å². The number of carbonyl (C=O) groups is 1. The van der Waals surface area contributed by atoms with Gasteiger partial charge in [-0.05, 0) is 47.5 Å². The summed E-state index contributed by atoms with van der Waals surface area (Å²) in [4.78, 5) is 10.8. The third-order valence-corrected chi connectivity index (χ3v) is 5.09. The van der Waals surface area contributed by atoms with Crippen LogP contribution >= 0.6 is 15.9 Å². The molecule has 0 saturated carbocycles. The third-order valence-electron chi connectivity index (χ3n) is 2.33. The van der Waals surface area contributed by atoms with Crippen LogP contribution in [0.4, 0.5) is 0 Å². The van der Waals surface area contributed by atoms with Gasteiger partial charge < -0.3 is 10.2 Å². The van der Waals surface area contributed by atoms with Crippen LogP contribution in [-0.2, 0) is 10.0 Å². The molecule has 1 unspecified atom stereocenters. The molecule has 19 heavy (non-hydrogen) atoms. The molecule has 0 aliphatic heterocycles. The van der Waals surface area contributed by atoms with E-state index >= 15 is 0 Å². The highest BCUT2D eigenvalue weighted by atomic mass is 79.9. The van der Waals surface area contributed by atoms with Gasteiger partial charge in [0, 0.05) is 11.0 Å². The molecule has 0 radical (unpaired) electrons. The molecule has 8 heteroatoms. The van der Waals surface area contributed by atoms with E-state index in [0.717, 1.165) is 6.07 Å². The van der Waals surface area contributed by atoms with E-state index in [9.17, 15) is 13.2 Å². The van der Waals surface area contributed by atoms with E-state index < -0.39 is 22.1 Å². The van der Waals surface area contributed by atoms with Gasteiger partial charge in [0.05, 0.1) is 16.6 Å². The Hall–Kier alpha value is -0.960. The zero-order valence-electron chi connectivity index (χ0n) is 10.3. The fourth-order valence-electron chi connectivity index (χ4n) is 1.36. The van der Waals surface area contributed by atoms with Gasteiger partial charge in [0.2, 0.25) is 10.0 Å². The van der Waals surface area contributed by atoms with E-state index in [0.29, 0.717) is 10.0 Å². The number of aliphatic hydroxyl groups is 1. The molecule has 1 aromatic carbocycles. The number of hydrogen-bond acceptors (Lipinski definition) is 4. The summed E-state index contributed by atoms with van der Waals surface area (Å²) in [6.45, 7) is 2.89. The van der Waals surface area contributed by atoms with Crippen molar-refractivity contribution in [2.24, 2.45) is 0 Å². The van der Waals surface area contributed by atoms with Crippen LogP contribution in [0.3, 0.4) is 0 Å². The van der Waals surface area contributed by atoms with Crippen LogP contribution < -0.4 is 4.72 Å². The Morgan fingerprint density at radius 1 is 1.47 bits per heavy atom. The third kappa shape index (κ3) is 4.00. The molecule has 0 aliphatic carbocycles. The fourth-order valence-corrected chi connectivity index (χ4v) is 3.53. The van der Waals surface area contributed by atoms with Crippen molar-refractivity contribution >= 4 is 31.9 Å². The summed E-state index contributed by atoms with van der Waals surface area (Å²) in [5.74, 6) is -1.21. The molecule has 0 bridgehead atoms. The summed E-state index contributed by atoms with van der Waals surface area (Å²) in [5, 5.41) is 18.0. The average Bonchev–Trinajstić information content (AvgIpc) is 2.29.